The molecule has 88 valence electrons. The van der Waals surface area contributed by atoms with Crippen LogP contribution >= 0.6 is 0 Å². The number of hydrogen-bond acceptors (Lipinski definition) is 0. The second-order valence-corrected chi connectivity index (χ2v) is 4.50. The third-order valence-electron chi connectivity index (χ3n) is 3.53. The van der Waals surface area contributed by atoms with Gasteiger partial charge in [0.15, 0.2) is 0 Å². The first-order valence-corrected chi connectivity index (χ1v) is 6.43. The van der Waals surface area contributed by atoms with Gasteiger partial charge in [-0.1, -0.05) is 51.0 Å². The zero-order chi connectivity index (χ0) is 11.7. The summed E-state index contributed by atoms with van der Waals surface area (Å²) in [6.07, 6.45) is 11.8. The van der Waals surface area contributed by atoms with Crippen molar-refractivity contribution in [3.63, 3.8) is 0 Å². The highest BCUT2D eigenvalue weighted by atomic mass is 14.2. The van der Waals surface area contributed by atoms with Crippen molar-refractivity contribution in [2.75, 3.05) is 0 Å². The van der Waals surface area contributed by atoms with E-state index in [0.29, 0.717) is 0 Å². The first-order valence-electron chi connectivity index (χ1n) is 6.43. The lowest BCUT2D eigenvalue weighted by Gasteiger charge is -2.21. The molecule has 2 atom stereocenters. The predicted octanol–water partition coefficient (Wildman–Crippen LogP) is 5.36. The molecule has 0 aliphatic rings. The van der Waals surface area contributed by atoms with E-state index >= 15 is 0 Å². The Balaban J connectivity index is 4.03. The molecule has 0 aromatic heterocycles. The summed E-state index contributed by atoms with van der Waals surface area (Å²) >= 11 is 0. The van der Waals surface area contributed by atoms with Gasteiger partial charge in [-0.15, -0.1) is 0 Å². The van der Waals surface area contributed by atoms with Crippen molar-refractivity contribution in [1.29, 1.82) is 0 Å². The van der Waals surface area contributed by atoms with E-state index in [4.69, 9.17) is 0 Å². The van der Waals surface area contributed by atoms with Gasteiger partial charge in [0.25, 0.3) is 0 Å². The Bertz CT molecular complexity index is 198. The molecule has 0 fully saturated rings. The lowest BCUT2D eigenvalue weighted by molar-refractivity contribution is 0.415. The first-order chi connectivity index (χ1) is 7.17. The van der Waals surface area contributed by atoms with Crippen LogP contribution in [0.4, 0.5) is 0 Å². The lowest BCUT2D eigenvalue weighted by Crippen LogP contribution is -2.09. The molecule has 0 bridgehead atoms. The Morgan fingerprint density at radius 2 is 1.87 bits per heavy atom. The summed E-state index contributed by atoms with van der Waals surface area (Å²) in [5.74, 6) is 1.57. The SMILES string of the molecule is C/C=C\CCC/C(=C/C)C(C)C(C)CC. The zero-order valence-corrected chi connectivity index (χ0v) is 11.2. The summed E-state index contributed by atoms with van der Waals surface area (Å²) in [4.78, 5) is 0. The molecule has 0 amide bonds. The maximum Gasteiger partial charge on any atom is -0.0206 e. The van der Waals surface area contributed by atoms with Crippen LogP contribution in [-0.4, -0.2) is 0 Å². The molecule has 2 unspecified atom stereocenters. The number of unbranched alkanes of at least 4 members (excludes halogenated alkanes) is 1. The smallest absolute Gasteiger partial charge is 0.0206 e. The Hall–Kier alpha value is -0.520. The van der Waals surface area contributed by atoms with Crippen molar-refractivity contribution >= 4 is 0 Å². The van der Waals surface area contributed by atoms with E-state index in [0.717, 1.165) is 11.8 Å². The Morgan fingerprint density at radius 1 is 1.20 bits per heavy atom. The van der Waals surface area contributed by atoms with E-state index in [2.05, 4.69) is 52.8 Å². The lowest BCUT2D eigenvalue weighted by atomic mass is 9.84. The summed E-state index contributed by atoms with van der Waals surface area (Å²) in [7, 11) is 0. The number of allylic oxidation sites excluding steroid dienone is 4. The normalized spacial score (nSPS) is 17.0. The van der Waals surface area contributed by atoms with Gasteiger partial charge in [-0.05, 0) is 44.9 Å². The van der Waals surface area contributed by atoms with Gasteiger partial charge in [0.05, 0.1) is 0 Å². The monoisotopic (exact) mass is 208 g/mol. The highest BCUT2D eigenvalue weighted by Crippen LogP contribution is 2.26. The van der Waals surface area contributed by atoms with Crippen molar-refractivity contribution in [3.05, 3.63) is 23.8 Å². The van der Waals surface area contributed by atoms with Crippen LogP contribution < -0.4 is 0 Å². The average Bonchev–Trinajstić information content (AvgIpc) is 2.27. The fourth-order valence-electron chi connectivity index (χ4n) is 1.94. The van der Waals surface area contributed by atoms with E-state index in [1.165, 1.54) is 25.7 Å². The first kappa shape index (κ1) is 14.5. The molecule has 0 aromatic rings. The van der Waals surface area contributed by atoms with E-state index in [1.807, 2.05) is 0 Å². The minimum atomic E-state index is 0.755. The zero-order valence-electron chi connectivity index (χ0n) is 11.2. The van der Waals surface area contributed by atoms with Gasteiger partial charge in [-0.3, -0.25) is 0 Å². The van der Waals surface area contributed by atoms with Gasteiger partial charge in [-0.25, -0.2) is 0 Å². The van der Waals surface area contributed by atoms with E-state index in [9.17, 15) is 0 Å². The molecular weight excluding hydrogens is 180 g/mol. The Labute approximate surface area is 96.5 Å². The van der Waals surface area contributed by atoms with Crippen molar-refractivity contribution in [2.24, 2.45) is 11.8 Å². The van der Waals surface area contributed by atoms with E-state index in [1.54, 1.807) is 5.57 Å². The second-order valence-electron chi connectivity index (χ2n) is 4.50. The van der Waals surface area contributed by atoms with Gasteiger partial charge in [-0.2, -0.15) is 0 Å². The average molecular weight is 208 g/mol. The maximum atomic E-state index is 2.37. The van der Waals surface area contributed by atoms with Crippen LogP contribution in [0.5, 0.6) is 0 Å². The van der Waals surface area contributed by atoms with Gasteiger partial charge in [0, 0.05) is 0 Å². The summed E-state index contributed by atoms with van der Waals surface area (Å²) in [6.45, 7) is 11.3. The third-order valence-corrected chi connectivity index (χ3v) is 3.53. The molecule has 15 heavy (non-hydrogen) atoms. The van der Waals surface area contributed by atoms with E-state index in [-0.39, 0.29) is 0 Å². The van der Waals surface area contributed by atoms with Gasteiger partial charge >= 0.3 is 0 Å². The van der Waals surface area contributed by atoms with Crippen molar-refractivity contribution < 1.29 is 0 Å². The molecule has 0 aliphatic heterocycles. The maximum absolute atomic E-state index is 2.37. The van der Waals surface area contributed by atoms with Crippen LogP contribution in [0.15, 0.2) is 23.8 Å². The van der Waals surface area contributed by atoms with Crippen molar-refractivity contribution in [1.82, 2.24) is 0 Å². The third kappa shape index (κ3) is 5.81. The largest absolute Gasteiger partial charge is 0.0917 e. The number of hydrogen-bond donors (Lipinski definition) is 0. The fraction of sp³-hybridized carbons (Fsp3) is 0.733. The highest BCUT2D eigenvalue weighted by molar-refractivity contribution is 5.05. The van der Waals surface area contributed by atoms with Gasteiger partial charge in [0.2, 0.25) is 0 Å². The van der Waals surface area contributed by atoms with Gasteiger partial charge in [0.1, 0.15) is 0 Å². The second kappa shape index (κ2) is 8.76. The van der Waals surface area contributed by atoms with Crippen LogP contribution in [0.1, 0.15) is 60.3 Å². The van der Waals surface area contributed by atoms with Crippen LogP contribution in [0.25, 0.3) is 0 Å². The summed E-state index contributed by atoms with van der Waals surface area (Å²) < 4.78 is 0. The van der Waals surface area contributed by atoms with Crippen LogP contribution in [0.3, 0.4) is 0 Å². The predicted molar refractivity (Wildman–Crippen MR) is 71.0 cm³/mol. The molecule has 0 heterocycles. The molecule has 0 aliphatic carbocycles. The molecular formula is C15H28. The summed E-state index contributed by atoms with van der Waals surface area (Å²) in [5.41, 5.74) is 1.65. The Kier molecular flexibility index (Phi) is 8.46. The molecule has 0 saturated heterocycles. The van der Waals surface area contributed by atoms with Crippen LogP contribution in [0, 0.1) is 11.8 Å². The minimum Gasteiger partial charge on any atom is -0.0917 e. The van der Waals surface area contributed by atoms with E-state index < -0.39 is 0 Å². The quantitative estimate of drug-likeness (QED) is 0.390. The standard InChI is InChI=1S/C15H28/c1-6-9-10-11-12-15(8-3)14(5)13(4)7-2/h6,8-9,13-14H,7,10-12H2,1-5H3/b9-6-,15-8-. The molecule has 0 N–H and O–H groups in total. The van der Waals surface area contributed by atoms with Gasteiger partial charge < -0.3 is 0 Å². The Morgan fingerprint density at radius 3 is 2.33 bits per heavy atom. The molecule has 0 spiro atoms. The topological polar surface area (TPSA) is 0 Å². The fourth-order valence-corrected chi connectivity index (χ4v) is 1.94. The summed E-state index contributed by atoms with van der Waals surface area (Å²) in [5, 5.41) is 0. The molecule has 0 heteroatoms. The molecule has 0 radical (unpaired) electrons. The highest BCUT2D eigenvalue weighted by Gasteiger charge is 2.13. The summed E-state index contributed by atoms with van der Waals surface area (Å²) in [6, 6.07) is 0. The minimum absolute atomic E-state index is 0.755. The van der Waals surface area contributed by atoms with Crippen molar-refractivity contribution in [2.45, 2.75) is 60.3 Å². The number of rotatable bonds is 7. The van der Waals surface area contributed by atoms with Crippen LogP contribution in [0.2, 0.25) is 0 Å². The molecule has 0 nitrogen and oxygen atoms in total. The molecule has 0 aromatic carbocycles. The van der Waals surface area contributed by atoms with Crippen molar-refractivity contribution in [3.8, 4) is 0 Å². The molecule has 0 rings (SSSR count). The molecule has 0 saturated carbocycles. The van der Waals surface area contributed by atoms with Crippen LogP contribution in [-0.2, 0) is 0 Å².